The third kappa shape index (κ3) is 2.68. The Labute approximate surface area is 178 Å². The molecule has 150 valence electrons. The van der Waals surface area contributed by atoms with Gasteiger partial charge in [-0.3, -0.25) is 4.67 Å². The number of anilines is 2. The second-order valence-electron chi connectivity index (χ2n) is 8.51. The van der Waals surface area contributed by atoms with Gasteiger partial charge in [0.1, 0.15) is 0 Å². The first-order valence-corrected chi connectivity index (χ1v) is 13.0. The summed E-state index contributed by atoms with van der Waals surface area (Å²) in [5, 5.41) is 6.16. The van der Waals surface area contributed by atoms with E-state index in [2.05, 4.69) is 90.0 Å². The quantitative estimate of drug-likeness (QED) is 0.593. The molecule has 6 heteroatoms. The zero-order chi connectivity index (χ0) is 20.2. The Morgan fingerprint density at radius 3 is 2.31 bits per heavy atom. The van der Waals surface area contributed by atoms with E-state index in [0.29, 0.717) is 0 Å². The maximum atomic E-state index is 6.61. The molecule has 0 aromatic heterocycles. The molecule has 5 rings (SSSR count). The lowest BCUT2D eigenvalue weighted by molar-refractivity contribution is 0.563. The molecule has 0 N–H and O–H groups in total. The zero-order valence-electron chi connectivity index (χ0n) is 17.2. The summed E-state index contributed by atoms with van der Waals surface area (Å²) in [6.45, 7) is 6.75. The SMILES string of the molecule is CN1C(=C2C=NN(c3ccccc3)P2(=S)N2CCCC2)C(C)(C)c2ccccc21. The highest BCUT2D eigenvalue weighted by molar-refractivity contribution is 8.16. The number of fused-ring (bicyclic) bond motifs is 1. The van der Waals surface area contributed by atoms with Crippen molar-refractivity contribution < 1.29 is 0 Å². The normalized spacial score (nSPS) is 28.4. The van der Waals surface area contributed by atoms with E-state index < -0.39 is 6.34 Å². The van der Waals surface area contributed by atoms with Crippen LogP contribution in [0.5, 0.6) is 0 Å². The summed E-state index contributed by atoms with van der Waals surface area (Å²) in [7, 11) is 2.18. The number of likely N-dealkylation sites (N-methyl/N-ethyl adjacent to an activating group) is 1. The van der Waals surface area contributed by atoms with Crippen molar-refractivity contribution in [2.45, 2.75) is 32.1 Å². The maximum absolute atomic E-state index is 6.61. The number of hydrogen-bond donors (Lipinski definition) is 0. The minimum atomic E-state index is -2.24. The third-order valence-electron chi connectivity index (χ3n) is 6.42. The molecule has 0 radical (unpaired) electrons. The minimum Gasteiger partial charge on any atom is -0.346 e. The van der Waals surface area contributed by atoms with Gasteiger partial charge >= 0.3 is 0 Å². The first-order valence-electron chi connectivity index (χ1n) is 10.3. The van der Waals surface area contributed by atoms with Crippen LogP contribution in [-0.2, 0) is 17.2 Å². The van der Waals surface area contributed by atoms with Crippen molar-refractivity contribution in [1.29, 1.82) is 0 Å². The van der Waals surface area contributed by atoms with E-state index in [4.69, 9.17) is 16.9 Å². The predicted octanol–water partition coefficient (Wildman–Crippen LogP) is 5.54. The smallest absolute Gasteiger partial charge is 0.154 e. The average molecular weight is 423 g/mol. The number of hydrogen-bond acceptors (Lipinski definition) is 3. The molecule has 1 unspecified atom stereocenters. The zero-order valence-corrected chi connectivity index (χ0v) is 19.0. The highest BCUT2D eigenvalue weighted by atomic mass is 32.4. The van der Waals surface area contributed by atoms with Crippen LogP contribution in [0.25, 0.3) is 0 Å². The van der Waals surface area contributed by atoms with Gasteiger partial charge in [-0.2, -0.15) is 5.10 Å². The number of hydrazone groups is 1. The number of allylic oxidation sites excluding steroid dienone is 2. The molecular formula is C23H27N4PS. The highest BCUT2D eigenvalue weighted by Crippen LogP contribution is 2.68. The van der Waals surface area contributed by atoms with Crippen molar-refractivity contribution in [2.75, 3.05) is 29.8 Å². The van der Waals surface area contributed by atoms with Gasteiger partial charge in [0, 0.05) is 36.9 Å². The lowest BCUT2D eigenvalue weighted by Gasteiger charge is -2.38. The first-order chi connectivity index (χ1) is 14.0. The Morgan fingerprint density at radius 2 is 1.62 bits per heavy atom. The Hall–Kier alpha value is -1.94. The molecule has 0 spiro atoms. The van der Waals surface area contributed by atoms with Crippen LogP contribution in [0.4, 0.5) is 11.4 Å². The van der Waals surface area contributed by atoms with Gasteiger partial charge < -0.3 is 4.90 Å². The lowest BCUT2D eigenvalue weighted by Crippen LogP contribution is -2.30. The molecule has 2 aromatic rings. The fourth-order valence-electron chi connectivity index (χ4n) is 5.04. The van der Waals surface area contributed by atoms with Crippen molar-refractivity contribution in [3.05, 3.63) is 71.2 Å². The van der Waals surface area contributed by atoms with Crippen LogP contribution in [0.1, 0.15) is 32.3 Å². The van der Waals surface area contributed by atoms with Crippen molar-refractivity contribution >= 4 is 35.7 Å². The third-order valence-corrected chi connectivity index (χ3v) is 11.1. The van der Waals surface area contributed by atoms with E-state index >= 15 is 0 Å². The molecule has 2 aromatic carbocycles. The van der Waals surface area contributed by atoms with E-state index in [1.165, 1.54) is 35.1 Å². The topological polar surface area (TPSA) is 22.1 Å². The molecule has 0 saturated carbocycles. The van der Waals surface area contributed by atoms with E-state index in [9.17, 15) is 0 Å². The van der Waals surface area contributed by atoms with Gasteiger partial charge in [-0.25, -0.2) is 4.78 Å². The van der Waals surface area contributed by atoms with Gasteiger partial charge in [-0.1, -0.05) is 62.1 Å². The highest BCUT2D eigenvalue weighted by Gasteiger charge is 2.48. The van der Waals surface area contributed by atoms with E-state index in [1.807, 2.05) is 6.07 Å². The monoisotopic (exact) mass is 422 g/mol. The van der Waals surface area contributed by atoms with Gasteiger partial charge in [0.15, 0.2) is 6.34 Å². The van der Waals surface area contributed by atoms with Crippen LogP contribution in [-0.4, -0.2) is 31.0 Å². The molecule has 1 atom stereocenters. The molecule has 0 bridgehead atoms. The molecule has 29 heavy (non-hydrogen) atoms. The van der Waals surface area contributed by atoms with Crippen LogP contribution in [0.15, 0.2) is 70.7 Å². The number of benzene rings is 2. The van der Waals surface area contributed by atoms with E-state index in [-0.39, 0.29) is 5.41 Å². The summed E-state index contributed by atoms with van der Waals surface area (Å²) in [5.41, 5.74) is 4.92. The fraction of sp³-hybridized carbons (Fsp3) is 0.348. The lowest BCUT2D eigenvalue weighted by atomic mass is 9.84. The van der Waals surface area contributed by atoms with E-state index in [0.717, 1.165) is 18.8 Å². The number of para-hydroxylation sites is 2. The van der Waals surface area contributed by atoms with Gasteiger partial charge in [0.2, 0.25) is 0 Å². The summed E-state index contributed by atoms with van der Waals surface area (Å²) in [5.74, 6) is 0. The van der Waals surface area contributed by atoms with Gasteiger partial charge in [-0.05, 0) is 36.6 Å². The first kappa shape index (κ1) is 19.0. The molecule has 3 aliphatic heterocycles. The molecule has 4 nitrogen and oxygen atoms in total. The minimum absolute atomic E-state index is 0.108. The summed E-state index contributed by atoms with van der Waals surface area (Å²) >= 11 is 6.61. The average Bonchev–Trinajstić information content (AvgIpc) is 3.42. The Kier molecular flexibility index (Phi) is 4.47. The summed E-state index contributed by atoms with van der Waals surface area (Å²) < 4.78 is 4.69. The van der Waals surface area contributed by atoms with Crippen molar-refractivity contribution in [3.8, 4) is 0 Å². The summed E-state index contributed by atoms with van der Waals surface area (Å²) in [4.78, 5) is 2.35. The van der Waals surface area contributed by atoms with Crippen LogP contribution in [0.3, 0.4) is 0 Å². The second kappa shape index (κ2) is 6.80. The Bertz CT molecular complexity index is 1050. The van der Waals surface area contributed by atoms with Gasteiger partial charge in [-0.15, -0.1) is 0 Å². The van der Waals surface area contributed by atoms with Crippen molar-refractivity contribution in [3.63, 3.8) is 0 Å². The summed E-state index contributed by atoms with van der Waals surface area (Å²) in [6.07, 6.45) is 2.24. The number of rotatable bonds is 2. The second-order valence-corrected chi connectivity index (χ2v) is 12.6. The van der Waals surface area contributed by atoms with Crippen LogP contribution < -0.4 is 9.68 Å². The molecule has 0 amide bonds. The van der Waals surface area contributed by atoms with Crippen molar-refractivity contribution in [1.82, 2.24) is 4.67 Å². The fourth-order valence-corrected chi connectivity index (χ4v) is 9.46. The summed E-state index contributed by atoms with van der Waals surface area (Å²) in [6, 6.07) is 19.2. The molecule has 3 aliphatic rings. The molecule has 3 heterocycles. The van der Waals surface area contributed by atoms with Crippen LogP contribution in [0, 0.1) is 0 Å². The molecular weight excluding hydrogens is 395 g/mol. The Morgan fingerprint density at radius 1 is 0.966 bits per heavy atom. The standard InChI is InChI=1S/C23H27N4PS/c1-23(2)19-13-7-8-14-20(19)25(3)22(23)21-17-24-27(18-11-5-4-6-12-18)28(21,29)26-15-9-10-16-26/h4-8,11-14,17H,9-10,15-16H2,1-3H3. The van der Waals surface area contributed by atoms with E-state index in [1.54, 1.807) is 0 Å². The molecule has 1 saturated heterocycles. The molecule has 1 fully saturated rings. The van der Waals surface area contributed by atoms with Crippen molar-refractivity contribution in [2.24, 2.45) is 5.10 Å². The largest absolute Gasteiger partial charge is 0.346 e. The number of nitrogens with zero attached hydrogens (tertiary/aromatic N) is 4. The van der Waals surface area contributed by atoms with Gasteiger partial charge in [0.25, 0.3) is 0 Å². The van der Waals surface area contributed by atoms with Gasteiger partial charge in [0.05, 0.1) is 17.2 Å². The Balaban J connectivity index is 1.73. The maximum Gasteiger partial charge on any atom is 0.154 e. The van der Waals surface area contributed by atoms with Crippen LogP contribution >= 0.6 is 6.34 Å². The molecule has 0 aliphatic carbocycles. The predicted molar refractivity (Wildman–Crippen MR) is 127 cm³/mol. The van der Waals surface area contributed by atoms with Crippen LogP contribution in [0.2, 0.25) is 0 Å².